The van der Waals surface area contributed by atoms with Gasteiger partial charge in [0.2, 0.25) is 11.8 Å². The van der Waals surface area contributed by atoms with Crippen LogP contribution in [0, 0.1) is 0 Å². The van der Waals surface area contributed by atoms with Gasteiger partial charge < -0.3 is 14.8 Å². The van der Waals surface area contributed by atoms with Crippen LogP contribution in [0.1, 0.15) is 26.2 Å². The predicted molar refractivity (Wildman–Crippen MR) is 73.0 cm³/mol. The highest BCUT2D eigenvalue weighted by atomic mass is 79.9. The van der Waals surface area contributed by atoms with Crippen LogP contribution in [0.4, 0.5) is 5.95 Å². The highest BCUT2D eigenvalue weighted by Crippen LogP contribution is 2.23. The molecule has 100 valence electrons. The van der Waals surface area contributed by atoms with Crippen LogP contribution in [-0.2, 0) is 4.74 Å². The molecule has 6 heteroatoms. The first kappa shape index (κ1) is 13.5. The second kappa shape index (κ2) is 6.89. The predicted octanol–water partition coefficient (Wildman–Crippen LogP) is 2.62. The molecular weight excluding hydrogens is 298 g/mol. The van der Waals surface area contributed by atoms with Gasteiger partial charge in [-0.25, -0.2) is 4.98 Å². The van der Waals surface area contributed by atoms with Gasteiger partial charge in [-0.05, 0) is 35.2 Å². The van der Waals surface area contributed by atoms with Gasteiger partial charge in [0.1, 0.15) is 6.61 Å². The Balaban J connectivity index is 1.92. The van der Waals surface area contributed by atoms with Crippen molar-refractivity contribution in [3.63, 3.8) is 0 Å². The third-order valence-corrected chi connectivity index (χ3v) is 3.22. The quantitative estimate of drug-likeness (QED) is 0.874. The molecule has 0 aromatic carbocycles. The summed E-state index contributed by atoms with van der Waals surface area (Å²) >= 11 is 3.39. The van der Waals surface area contributed by atoms with E-state index >= 15 is 0 Å². The van der Waals surface area contributed by atoms with Crippen molar-refractivity contribution in [2.45, 2.75) is 32.3 Å². The van der Waals surface area contributed by atoms with Crippen molar-refractivity contribution in [2.75, 3.05) is 25.1 Å². The molecule has 0 saturated carbocycles. The molecule has 1 aromatic heterocycles. The number of nitrogens with one attached hydrogen (secondary N) is 1. The molecule has 1 unspecified atom stereocenters. The zero-order chi connectivity index (χ0) is 12.8. The van der Waals surface area contributed by atoms with Crippen LogP contribution >= 0.6 is 15.9 Å². The summed E-state index contributed by atoms with van der Waals surface area (Å²) in [7, 11) is 0. The monoisotopic (exact) mass is 315 g/mol. The fraction of sp³-hybridized carbons (Fsp3) is 0.667. The van der Waals surface area contributed by atoms with Crippen LogP contribution in [0.3, 0.4) is 0 Å². The van der Waals surface area contributed by atoms with Gasteiger partial charge in [0.15, 0.2) is 0 Å². The van der Waals surface area contributed by atoms with Gasteiger partial charge in [0.05, 0.1) is 16.8 Å². The molecule has 2 heterocycles. The van der Waals surface area contributed by atoms with Crippen molar-refractivity contribution < 1.29 is 9.47 Å². The Hall–Kier alpha value is -0.880. The maximum atomic E-state index is 5.68. The van der Waals surface area contributed by atoms with Crippen LogP contribution in [0.2, 0.25) is 0 Å². The smallest absolute Gasteiger partial charge is 0.232 e. The Morgan fingerprint density at radius 2 is 2.50 bits per heavy atom. The molecule has 1 saturated heterocycles. The van der Waals surface area contributed by atoms with E-state index in [1.165, 1.54) is 0 Å². The van der Waals surface area contributed by atoms with E-state index < -0.39 is 0 Å². The largest absolute Gasteiger partial charge is 0.474 e. The molecule has 1 aliphatic heterocycles. The normalized spacial score (nSPS) is 18.9. The molecule has 0 amide bonds. The lowest BCUT2D eigenvalue weighted by molar-refractivity contribution is 0.0660. The first-order valence-electron chi connectivity index (χ1n) is 6.30. The summed E-state index contributed by atoms with van der Waals surface area (Å²) in [5.74, 6) is 1.17. The number of anilines is 1. The number of hydrogen-bond acceptors (Lipinski definition) is 5. The first-order valence-corrected chi connectivity index (χ1v) is 7.09. The van der Waals surface area contributed by atoms with E-state index in [2.05, 4.69) is 38.1 Å². The van der Waals surface area contributed by atoms with E-state index in [9.17, 15) is 0 Å². The third-order valence-electron chi connectivity index (χ3n) is 2.67. The van der Waals surface area contributed by atoms with Crippen molar-refractivity contribution in [3.8, 4) is 5.88 Å². The van der Waals surface area contributed by atoms with Gasteiger partial charge >= 0.3 is 0 Å². The molecule has 0 spiro atoms. The van der Waals surface area contributed by atoms with Crippen LogP contribution in [0.15, 0.2) is 10.7 Å². The number of hydrogen-bond donors (Lipinski definition) is 1. The summed E-state index contributed by atoms with van der Waals surface area (Å²) in [5, 5.41) is 3.14. The highest BCUT2D eigenvalue weighted by Gasteiger charge is 2.17. The summed E-state index contributed by atoms with van der Waals surface area (Å²) in [6.45, 7) is 4.33. The molecule has 0 radical (unpaired) electrons. The average molecular weight is 316 g/mol. The lowest BCUT2D eigenvalue weighted by Crippen LogP contribution is -2.17. The Morgan fingerprint density at radius 3 is 3.22 bits per heavy atom. The van der Waals surface area contributed by atoms with E-state index in [4.69, 9.17) is 9.47 Å². The highest BCUT2D eigenvalue weighted by molar-refractivity contribution is 9.10. The summed E-state index contributed by atoms with van der Waals surface area (Å²) in [6.07, 6.45) is 5.10. The first-order chi connectivity index (χ1) is 8.79. The van der Waals surface area contributed by atoms with Gasteiger partial charge in [0, 0.05) is 13.2 Å². The van der Waals surface area contributed by atoms with Gasteiger partial charge in [-0.1, -0.05) is 6.92 Å². The number of rotatable bonds is 6. The standard InChI is InChI=1S/C12H18BrN3O2/c1-2-5-14-12-15-7-10(13)11(16-12)18-8-9-4-3-6-17-9/h7,9H,2-6,8H2,1H3,(H,14,15,16). The van der Waals surface area contributed by atoms with Crippen molar-refractivity contribution in [1.29, 1.82) is 0 Å². The van der Waals surface area contributed by atoms with E-state index in [0.717, 1.165) is 36.9 Å². The summed E-state index contributed by atoms with van der Waals surface area (Å²) in [5.41, 5.74) is 0. The number of ether oxygens (including phenoxy) is 2. The van der Waals surface area contributed by atoms with Crippen LogP contribution < -0.4 is 10.1 Å². The lowest BCUT2D eigenvalue weighted by Gasteiger charge is -2.12. The Kier molecular flexibility index (Phi) is 5.19. The molecule has 2 rings (SSSR count). The van der Waals surface area contributed by atoms with Crippen molar-refractivity contribution in [2.24, 2.45) is 0 Å². The van der Waals surface area contributed by atoms with Gasteiger partial charge in [0.25, 0.3) is 0 Å². The summed E-state index contributed by atoms with van der Waals surface area (Å²) in [6, 6.07) is 0. The second-order valence-electron chi connectivity index (χ2n) is 4.22. The van der Waals surface area contributed by atoms with Gasteiger partial charge in [-0.2, -0.15) is 4.98 Å². The third kappa shape index (κ3) is 3.81. The summed E-state index contributed by atoms with van der Waals surface area (Å²) in [4.78, 5) is 8.50. The molecule has 1 fully saturated rings. The van der Waals surface area contributed by atoms with Crippen LogP contribution in [-0.4, -0.2) is 35.8 Å². The number of nitrogens with zero attached hydrogens (tertiary/aromatic N) is 2. The molecular formula is C12H18BrN3O2. The number of aromatic nitrogens is 2. The van der Waals surface area contributed by atoms with Gasteiger partial charge in [-0.15, -0.1) is 0 Å². The van der Waals surface area contributed by atoms with Crippen molar-refractivity contribution in [1.82, 2.24) is 9.97 Å². The molecule has 1 aliphatic rings. The van der Waals surface area contributed by atoms with E-state index in [1.54, 1.807) is 6.20 Å². The Bertz CT molecular complexity index is 384. The molecule has 0 bridgehead atoms. The molecule has 1 N–H and O–H groups in total. The minimum absolute atomic E-state index is 0.193. The fourth-order valence-electron chi connectivity index (χ4n) is 1.72. The van der Waals surface area contributed by atoms with Crippen molar-refractivity contribution in [3.05, 3.63) is 10.7 Å². The summed E-state index contributed by atoms with van der Waals surface area (Å²) < 4.78 is 12.0. The zero-order valence-corrected chi connectivity index (χ0v) is 12.1. The minimum Gasteiger partial charge on any atom is -0.474 e. The molecule has 0 aliphatic carbocycles. The lowest BCUT2D eigenvalue weighted by atomic mass is 10.2. The van der Waals surface area contributed by atoms with E-state index in [-0.39, 0.29) is 6.10 Å². The van der Waals surface area contributed by atoms with E-state index in [0.29, 0.717) is 18.4 Å². The molecule has 18 heavy (non-hydrogen) atoms. The zero-order valence-electron chi connectivity index (χ0n) is 10.5. The maximum Gasteiger partial charge on any atom is 0.232 e. The number of halogens is 1. The minimum atomic E-state index is 0.193. The Labute approximate surface area is 115 Å². The Morgan fingerprint density at radius 1 is 1.61 bits per heavy atom. The second-order valence-corrected chi connectivity index (χ2v) is 5.07. The van der Waals surface area contributed by atoms with Crippen LogP contribution in [0.5, 0.6) is 5.88 Å². The van der Waals surface area contributed by atoms with E-state index in [1.807, 2.05) is 0 Å². The molecule has 1 aromatic rings. The maximum absolute atomic E-state index is 5.68. The SMILES string of the molecule is CCCNc1ncc(Br)c(OCC2CCCO2)n1. The molecule has 1 atom stereocenters. The molecule has 5 nitrogen and oxygen atoms in total. The average Bonchev–Trinajstić information content (AvgIpc) is 2.89. The topological polar surface area (TPSA) is 56.3 Å². The van der Waals surface area contributed by atoms with Gasteiger partial charge in [-0.3, -0.25) is 0 Å². The fourth-order valence-corrected chi connectivity index (χ4v) is 2.03. The van der Waals surface area contributed by atoms with Crippen molar-refractivity contribution >= 4 is 21.9 Å². The van der Waals surface area contributed by atoms with Crippen LogP contribution in [0.25, 0.3) is 0 Å².